The summed E-state index contributed by atoms with van der Waals surface area (Å²) in [5, 5.41) is 7.36. The van der Waals surface area contributed by atoms with E-state index in [-0.39, 0.29) is 11.6 Å². The number of nitrogens with one attached hydrogen (secondary N) is 1. The highest BCUT2D eigenvalue weighted by atomic mass is 16.5. The molecule has 2 heterocycles. The zero-order valence-corrected chi connectivity index (χ0v) is 8.83. The van der Waals surface area contributed by atoms with Crippen molar-refractivity contribution in [1.29, 1.82) is 0 Å². The van der Waals surface area contributed by atoms with Gasteiger partial charge in [-0.15, -0.1) is 0 Å². The summed E-state index contributed by atoms with van der Waals surface area (Å²) < 4.78 is 5.70. The minimum Gasteiger partial charge on any atom is -0.372 e. The van der Waals surface area contributed by atoms with Gasteiger partial charge >= 0.3 is 0 Å². The third kappa shape index (κ3) is 1.68. The summed E-state index contributed by atoms with van der Waals surface area (Å²) in [5.41, 5.74) is 8.06. The first-order chi connectivity index (χ1) is 7.28. The summed E-state index contributed by atoms with van der Waals surface area (Å²) >= 11 is 0. The standard InChI is InChI=1S/C11H17N3O/c12-11(4-5-11)10-7-8(13-14-10)9-3-1-2-6-15-9/h7,9H,1-6,12H2,(H,13,14). The van der Waals surface area contributed by atoms with Crippen molar-refractivity contribution >= 4 is 0 Å². The minimum atomic E-state index is -0.135. The second kappa shape index (κ2) is 3.32. The van der Waals surface area contributed by atoms with Gasteiger partial charge in [0.05, 0.1) is 23.0 Å². The Hall–Kier alpha value is -0.870. The Morgan fingerprint density at radius 3 is 3.00 bits per heavy atom. The first kappa shape index (κ1) is 9.36. The van der Waals surface area contributed by atoms with Gasteiger partial charge in [-0.25, -0.2) is 0 Å². The summed E-state index contributed by atoms with van der Waals surface area (Å²) in [6, 6.07) is 2.09. The number of nitrogens with two attached hydrogens (primary N) is 1. The van der Waals surface area contributed by atoms with E-state index in [1.807, 2.05) is 0 Å². The van der Waals surface area contributed by atoms with Gasteiger partial charge < -0.3 is 10.5 Å². The number of aromatic nitrogens is 2. The van der Waals surface area contributed by atoms with Gasteiger partial charge in [0.25, 0.3) is 0 Å². The Kier molecular flexibility index (Phi) is 2.07. The fourth-order valence-corrected chi connectivity index (χ4v) is 2.13. The molecule has 1 aliphatic heterocycles. The van der Waals surface area contributed by atoms with E-state index in [9.17, 15) is 0 Å². The lowest BCUT2D eigenvalue weighted by molar-refractivity contribution is 0.0123. The third-order valence-corrected chi connectivity index (χ3v) is 3.42. The highest BCUT2D eigenvalue weighted by Crippen LogP contribution is 2.42. The van der Waals surface area contributed by atoms with E-state index in [1.54, 1.807) is 0 Å². The molecule has 1 saturated carbocycles. The molecule has 1 aromatic rings. The Bertz CT molecular complexity index is 350. The maximum Gasteiger partial charge on any atom is 0.0988 e. The van der Waals surface area contributed by atoms with Crippen molar-refractivity contribution in [3.63, 3.8) is 0 Å². The number of hydrogen-bond acceptors (Lipinski definition) is 3. The molecule has 0 amide bonds. The Morgan fingerprint density at radius 1 is 1.47 bits per heavy atom. The molecule has 3 N–H and O–H groups in total. The van der Waals surface area contributed by atoms with Crippen LogP contribution in [0.3, 0.4) is 0 Å². The van der Waals surface area contributed by atoms with Gasteiger partial charge in [-0.1, -0.05) is 0 Å². The van der Waals surface area contributed by atoms with Crippen molar-refractivity contribution < 1.29 is 4.74 Å². The van der Waals surface area contributed by atoms with Crippen LogP contribution in [0.25, 0.3) is 0 Å². The quantitative estimate of drug-likeness (QED) is 0.774. The Balaban J connectivity index is 1.77. The number of nitrogens with zero attached hydrogens (tertiary/aromatic N) is 1. The monoisotopic (exact) mass is 207 g/mol. The van der Waals surface area contributed by atoms with Crippen molar-refractivity contribution in [1.82, 2.24) is 10.2 Å². The van der Waals surface area contributed by atoms with Crippen molar-refractivity contribution in [2.75, 3.05) is 6.61 Å². The third-order valence-electron chi connectivity index (χ3n) is 3.42. The van der Waals surface area contributed by atoms with Crippen LogP contribution in [0.15, 0.2) is 6.07 Å². The largest absolute Gasteiger partial charge is 0.372 e. The lowest BCUT2D eigenvalue weighted by atomic mass is 10.1. The first-order valence-corrected chi connectivity index (χ1v) is 5.74. The average molecular weight is 207 g/mol. The van der Waals surface area contributed by atoms with Crippen LogP contribution in [-0.4, -0.2) is 16.8 Å². The maximum absolute atomic E-state index is 6.09. The highest BCUT2D eigenvalue weighted by molar-refractivity contribution is 5.24. The molecule has 82 valence electrons. The molecule has 4 heteroatoms. The normalized spacial score (nSPS) is 29.0. The molecule has 1 aromatic heterocycles. The minimum absolute atomic E-state index is 0.135. The van der Waals surface area contributed by atoms with E-state index in [2.05, 4.69) is 16.3 Å². The predicted octanol–water partition coefficient (Wildman–Crippen LogP) is 1.60. The van der Waals surface area contributed by atoms with Gasteiger partial charge in [0.2, 0.25) is 0 Å². The van der Waals surface area contributed by atoms with Gasteiger partial charge in [-0.2, -0.15) is 5.10 Å². The summed E-state index contributed by atoms with van der Waals surface area (Å²) in [6.07, 6.45) is 5.85. The number of ether oxygens (including phenoxy) is 1. The molecule has 1 aliphatic carbocycles. The zero-order chi connectivity index (χ0) is 10.3. The topological polar surface area (TPSA) is 63.9 Å². The van der Waals surface area contributed by atoms with Gasteiger partial charge in [-0.05, 0) is 38.2 Å². The predicted molar refractivity (Wildman–Crippen MR) is 56.2 cm³/mol. The molecular formula is C11H17N3O. The fourth-order valence-electron chi connectivity index (χ4n) is 2.13. The van der Waals surface area contributed by atoms with E-state index in [4.69, 9.17) is 10.5 Å². The number of hydrogen-bond donors (Lipinski definition) is 2. The van der Waals surface area contributed by atoms with Crippen molar-refractivity contribution in [2.24, 2.45) is 5.73 Å². The van der Waals surface area contributed by atoms with Gasteiger partial charge in [0.15, 0.2) is 0 Å². The molecule has 2 aliphatic rings. The molecule has 0 aromatic carbocycles. The highest BCUT2D eigenvalue weighted by Gasteiger charge is 2.42. The second-order valence-corrected chi connectivity index (χ2v) is 4.72. The molecule has 0 spiro atoms. The molecule has 2 fully saturated rings. The van der Waals surface area contributed by atoms with Crippen molar-refractivity contribution in [2.45, 2.75) is 43.7 Å². The van der Waals surface area contributed by atoms with Crippen molar-refractivity contribution in [3.05, 3.63) is 17.5 Å². The maximum atomic E-state index is 6.09. The van der Waals surface area contributed by atoms with Crippen LogP contribution >= 0.6 is 0 Å². The molecule has 15 heavy (non-hydrogen) atoms. The van der Waals surface area contributed by atoms with Crippen LogP contribution in [0.1, 0.15) is 49.6 Å². The zero-order valence-electron chi connectivity index (χ0n) is 8.83. The lowest BCUT2D eigenvalue weighted by Crippen LogP contribution is -2.19. The summed E-state index contributed by atoms with van der Waals surface area (Å²) in [5.74, 6) is 0. The molecule has 0 bridgehead atoms. The van der Waals surface area contributed by atoms with Crippen LogP contribution in [0.5, 0.6) is 0 Å². The van der Waals surface area contributed by atoms with E-state index in [0.29, 0.717) is 0 Å². The van der Waals surface area contributed by atoms with E-state index in [0.717, 1.165) is 37.3 Å². The van der Waals surface area contributed by atoms with Crippen LogP contribution < -0.4 is 5.73 Å². The summed E-state index contributed by atoms with van der Waals surface area (Å²) in [4.78, 5) is 0. The SMILES string of the molecule is NC1(c2cc(C3CCCCO3)[nH]n2)CC1. The van der Waals surface area contributed by atoms with Crippen LogP contribution in [0.2, 0.25) is 0 Å². The van der Waals surface area contributed by atoms with E-state index >= 15 is 0 Å². The molecule has 0 radical (unpaired) electrons. The summed E-state index contributed by atoms with van der Waals surface area (Å²) in [6.45, 7) is 0.868. The molecule has 3 rings (SSSR count). The molecular weight excluding hydrogens is 190 g/mol. The first-order valence-electron chi connectivity index (χ1n) is 5.74. The molecule has 4 nitrogen and oxygen atoms in total. The number of rotatable bonds is 2. The van der Waals surface area contributed by atoms with E-state index in [1.165, 1.54) is 12.8 Å². The van der Waals surface area contributed by atoms with Gasteiger partial charge in [0.1, 0.15) is 0 Å². The van der Waals surface area contributed by atoms with Crippen LogP contribution in [0.4, 0.5) is 0 Å². The fraction of sp³-hybridized carbons (Fsp3) is 0.727. The van der Waals surface area contributed by atoms with E-state index < -0.39 is 0 Å². The smallest absolute Gasteiger partial charge is 0.0988 e. The van der Waals surface area contributed by atoms with Gasteiger partial charge in [-0.3, -0.25) is 5.10 Å². The Morgan fingerprint density at radius 2 is 2.33 bits per heavy atom. The van der Waals surface area contributed by atoms with Crippen LogP contribution in [0, 0.1) is 0 Å². The van der Waals surface area contributed by atoms with Gasteiger partial charge in [0, 0.05) is 6.61 Å². The average Bonchev–Trinajstić information content (AvgIpc) is 2.85. The lowest BCUT2D eigenvalue weighted by Gasteiger charge is -2.20. The van der Waals surface area contributed by atoms with Crippen molar-refractivity contribution in [3.8, 4) is 0 Å². The van der Waals surface area contributed by atoms with Crippen LogP contribution in [-0.2, 0) is 10.3 Å². The summed E-state index contributed by atoms with van der Waals surface area (Å²) in [7, 11) is 0. The molecule has 1 unspecified atom stereocenters. The second-order valence-electron chi connectivity index (χ2n) is 4.72. The number of aromatic amines is 1. The molecule has 1 saturated heterocycles. The molecule has 1 atom stereocenters. The number of H-pyrrole nitrogens is 1. The Labute approximate surface area is 89.2 Å².